The van der Waals surface area contributed by atoms with E-state index in [0.717, 1.165) is 59.7 Å². The van der Waals surface area contributed by atoms with Crippen LogP contribution >= 0.6 is 34.5 Å². The number of carboxylic acid groups (broad SMARTS) is 1. The number of pyridine rings is 1. The number of aromatic nitrogens is 1. The number of benzene rings is 2. The quantitative estimate of drug-likeness (QED) is 0.0848. The van der Waals surface area contributed by atoms with Crippen molar-refractivity contribution in [2.75, 3.05) is 33.9 Å². The molecule has 0 spiro atoms. The zero-order valence-electron chi connectivity index (χ0n) is 27.1. The van der Waals surface area contributed by atoms with E-state index in [0.29, 0.717) is 33.4 Å². The molecule has 4 aromatic rings. The second-order valence-electron chi connectivity index (χ2n) is 12.3. The first-order valence-corrected chi connectivity index (χ1v) is 17.6. The molecule has 258 valence electrons. The molecule has 0 amide bonds. The Hall–Kier alpha value is -3.87. The number of carbonyl (C=O) groups is 2. The van der Waals surface area contributed by atoms with E-state index in [1.807, 2.05) is 42.5 Å². The first-order chi connectivity index (χ1) is 23.6. The molecule has 1 unspecified atom stereocenters. The summed E-state index contributed by atoms with van der Waals surface area (Å²) < 4.78 is 17.9. The molecule has 2 aromatic heterocycles. The number of halogens is 2. The maximum atomic E-state index is 13.7. The van der Waals surface area contributed by atoms with Crippen LogP contribution in [0.15, 0.2) is 67.0 Å². The number of carboxylic acids is 1. The molecule has 3 fully saturated rings. The van der Waals surface area contributed by atoms with Gasteiger partial charge in [-0.2, -0.15) is 0 Å². The molecule has 13 heteroatoms. The van der Waals surface area contributed by atoms with E-state index in [-0.39, 0.29) is 40.0 Å². The number of hydrogen-bond acceptors (Lipinski definition) is 9. The van der Waals surface area contributed by atoms with Crippen LogP contribution in [0, 0.1) is 5.92 Å². The number of thiophene rings is 1. The number of rotatable bonds is 13. The Kier molecular flexibility index (Phi) is 11.0. The maximum absolute atomic E-state index is 13.7. The molecule has 0 radical (unpaired) electrons. The van der Waals surface area contributed by atoms with Crippen molar-refractivity contribution in [2.24, 2.45) is 5.92 Å². The average Bonchev–Trinajstić information content (AvgIpc) is 3.53. The average molecular weight is 728 g/mol. The van der Waals surface area contributed by atoms with E-state index in [9.17, 15) is 19.9 Å². The van der Waals surface area contributed by atoms with Gasteiger partial charge in [0.25, 0.3) is 0 Å². The highest BCUT2D eigenvalue weighted by atomic mass is 35.5. The van der Waals surface area contributed by atoms with Crippen molar-refractivity contribution in [1.82, 2.24) is 10.2 Å². The molecule has 0 saturated carbocycles. The first-order valence-electron chi connectivity index (χ1n) is 16.0. The molecule has 3 aliphatic heterocycles. The predicted molar refractivity (Wildman–Crippen MR) is 185 cm³/mol. The van der Waals surface area contributed by atoms with E-state index < -0.39 is 17.9 Å². The fourth-order valence-electron chi connectivity index (χ4n) is 6.83. The topological polar surface area (TPSA) is 121 Å². The van der Waals surface area contributed by atoms with Crippen molar-refractivity contribution < 1.29 is 38.8 Å². The van der Waals surface area contributed by atoms with Gasteiger partial charge in [0.15, 0.2) is 11.5 Å². The van der Waals surface area contributed by atoms with Crippen LogP contribution in [0.5, 0.6) is 11.5 Å². The summed E-state index contributed by atoms with van der Waals surface area (Å²) in [6.07, 6.45) is 4.78. The minimum atomic E-state index is -1.09. The van der Waals surface area contributed by atoms with E-state index in [2.05, 4.69) is 10.2 Å². The van der Waals surface area contributed by atoms with Crippen LogP contribution in [-0.2, 0) is 22.5 Å². The third-order valence-corrected chi connectivity index (χ3v) is 11.2. The van der Waals surface area contributed by atoms with Crippen LogP contribution in [0.2, 0.25) is 10.0 Å². The van der Waals surface area contributed by atoms with Crippen LogP contribution in [0.3, 0.4) is 0 Å². The summed E-state index contributed by atoms with van der Waals surface area (Å²) >= 11 is 14.2. The van der Waals surface area contributed by atoms with Crippen LogP contribution in [0.4, 0.5) is 0 Å². The highest BCUT2D eigenvalue weighted by Crippen LogP contribution is 2.41. The Bertz CT molecular complexity index is 1790. The molecule has 3 aliphatic rings. The molecule has 7 rings (SSSR count). The van der Waals surface area contributed by atoms with Crippen molar-refractivity contribution >= 4 is 46.5 Å². The summed E-state index contributed by atoms with van der Waals surface area (Å²) in [4.78, 5) is 29.7. The minimum absolute atomic E-state index is 0.142. The molecular formula is C36H38Cl2N3O7S+. The zero-order chi connectivity index (χ0) is 34.7. The summed E-state index contributed by atoms with van der Waals surface area (Å²) in [5, 5.41) is 24.2. The number of nitrogens with zero attached hydrogens (tertiary/aromatic N) is 2. The number of ether oxygens (including phenoxy) is 3. The van der Waals surface area contributed by atoms with Crippen LogP contribution in [-0.4, -0.2) is 67.1 Å². The lowest BCUT2D eigenvalue weighted by molar-refractivity contribution is -0.904. The number of piperidine rings is 3. The zero-order valence-corrected chi connectivity index (χ0v) is 29.4. The fourth-order valence-corrected chi connectivity index (χ4v) is 8.45. The smallest absolute Gasteiger partial charge is 0.346 e. The SMILES string of the molecule is COc1ccc([C@H](Cc2c(Cl)c[n+](O)cc2Cl)c2cc(CNC(C(=O)O[C@H]3CN4CCC3CC4)c3ccccc3)sc2C(=O)O)cc1OC. The maximum Gasteiger partial charge on any atom is 0.346 e. The lowest BCUT2D eigenvalue weighted by atomic mass is 9.85. The second kappa shape index (κ2) is 15.3. The van der Waals surface area contributed by atoms with Crippen molar-refractivity contribution in [1.29, 1.82) is 0 Å². The van der Waals surface area contributed by atoms with Crippen molar-refractivity contribution in [3.05, 3.63) is 109 Å². The number of aromatic carboxylic acids is 1. The number of methoxy groups -OCH3 is 2. The summed E-state index contributed by atoms with van der Waals surface area (Å²) in [5.41, 5.74) is 2.59. The van der Waals surface area contributed by atoms with Gasteiger partial charge in [0, 0.05) is 34.2 Å². The predicted octanol–water partition coefficient (Wildman–Crippen LogP) is 6.14. The first kappa shape index (κ1) is 35.0. The van der Waals surface area contributed by atoms with Gasteiger partial charge in [0.2, 0.25) is 12.4 Å². The summed E-state index contributed by atoms with van der Waals surface area (Å²) in [6, 6.07) is 15.9. The Labute approximate surface area is 298 Å². The Morgan fingerprint density at radius 2 is 1.69 bits per heavy atom. The Morgan fingerprint density at radius 1 is 1.00 bits per heavy atom. The molecule has 5 heterocycles. The lowest BCUT2D eigenvalue weighted by Crippen LogP contribution is -2.52. The summed E-state index contributed by atoms with van der Waals surface area (Å²) in [5.74, 6) is -0.606. The molecule has 3 atom stereocenters. The van der Waals surface area contributed by atoms with Gasteiger partial charge in [-0.05, 0) is 73.2 Å². The molecule has 3 N–H and O–H groups in total. The van der Waals surface area contributed by atoms with Gasteiger partial charge < -0.3 is 19.3 Å². The lowest BCUT2D eigenvalue weighted by Gasteiger charge is -2.44. The molecule has 2 bridgehead atoms. The minimum Gasteiger partial charge on any atom is -0.493 e. The Morgan fingerprint density at radius 3 is 2.31 bits per heavy atom. The summed E-state index contributed by atoms with van der Waals surface area (Å²) in [7, 11) is 3.07. The normalized spacial score (nSPS) is 19.6. The third-order valence-electron chi connectivity index (χ3n) is 9.38. The molecule has 10 nitrogen and oxygen atoms in total. The van der Waals surface area contributed by atoms with Crippen molar-refractivity contribution in [2.45, 2.75) is 43.9 Å². The molecule has 3 saturated heterocycles. The van der Waals surface area contributed by atoms with E-state index >= 15 is 0 Å². The third kappa shape index (κ3) is 7.81. The van der Waals surface area contributed by atoms with Crippen molar-refractivity contribution in [3.63, 3.8) is 0 Å². The van der Waals surface area contributed by atoms with Gasteiger partial charge in [0.05, 0.1) is 14.2 Å². The second-order valence-corrected chi connectivity index (χ2v) is 14.3. The van der Waals surface area contributed by atoms with Crippen LogP contribution in [0.1, 0.15) is 61.6 Å². The van der Waals surface area contributed by atoms with Gasteiger partial charge in [0.1, 0.15) is 27.1 Å². The van der Waals surface area contributed by atoms with Gasteiger partial charge in [-0.25, -0.2) is 9.59 Å². The van der Waals surface area contributed by atoms with E-state index in [1.54, 1.807) is 19.2 Å². The molecular weight excluding hydrogens is 689 g/mol. The molecule has 0 aliphatic carbocycles. The van der Waals surface area contributed by atoms with Crippen LogP contribution < -0.4 is 19.5 Å². The molecule has 49 heavy (non-hydrogen) atoms. The van der Waals surface area contributed by atoms with E-state index in [1.165, 1.54) is 19.5 Å². The highest BCUT2D eigenvalue weighted by molar-refractivity contribution is 7.14. The number of hydrogen-bond donors (Lipinski definition) is 3. The van der Waals surface area contributed by atoms with Gasteiger partial charge >= 0.3 is 11.9 Å². The van der Waals surface area contributed by atoms with Crippen molar-refractivity contribution in [3.8, 4) is 11.5 Å². The fraction of sp³-hybridized carbons (Fsp3) is 0.361. The standard InChI is InChI=1S/C36H37Cl2N3O7S/c1-46-30-9-8-23(14-31(30)47-2)25(16-27-28(37)18-41(45)19-29(27)38)26-15-24(49-34(26)35(42)43)17-39-33(22-6-4-3-5-7-22)36(44)48-32-20-40-12-10-21(32)11-13-40/h3-9,14-15,18-19,21,25,32-33,39H,10-13,16-17,20H2,1-2H3,(H-,42,43,45)/p+1/t25-,32-,33?/m0/s1. The van der Waals surface area contributed by atoms with E-state index in [4.69, 9.17) is 37.4 Å². The van der Waals surface area contributed by atoms with Gasteiger partial charge in [-0.3, -0.25) is 15.4 Å². The highest BCUT2D eigenvalue weighted by Gasteiger charge is 2.38. The Balaban J connectivity index is 1.33. The largest absolute Gasteiger partial charge is 0.493 e. The molecule has 2 aromatic carbocycles. The van der Waals surface area contributed by atoms with Gasteiger partial charge in [-0.15, -0.1) is 11.3 Å². The number of esters is 1. The number of fused-ring (bicyclic) bond motifs is 3. The summed E-state index contributed by atoms with van der Waals surface area (Å²) in [6.45, 7) is 3.05. The van der Waals surface area contributed by atoms with Crippen LogP contribution in [0.25, 0.3) is 0 Å². The monoisotopic (exact) mass is 726 g/mol. The number of nitrogens with one attached hydrogen (secondary N) is 1. The number of carbonyl (C=O) groups excluding carboxylic acids is 1. The van der Waals surface area contributed by atoms with Gasteiger partial charge in [-0.1, -0.05) is 59.6 Å².